The SMILES string of the molecule is C1=CC=C2c3oc4ccccc4c3C=C(N(c3ccc4sc5ccccc5c4c3)c3ccc4sc5ccccc5c4c3)C2C=1. The molecule has 0 spiro atoms. The fourth-order valence-electron chi connectivity index (χ4n) is 6.96. The van der Waals surface area contributed by atoms with Gasteiger partial charge in [0.25, 0.3) is 0 Å². The highest BCUT2D eigenvalue weighted by Gasteiger charge is 2.34. The normalized spacial score (nSPS) is 15.7. The van der Waals surface area contributed by atoms with Gasteiger partial charge in [-0.1, -0.05) is 54.6 Å². The molecule has 10 rings (SSSR count). The van der Waals surface area contributed by atoms with E-state index >= 15 is 0 Å². The maximum atomic E-state index is 6.49. The number of benzene rings is 5. The molecule has 0 aliphatic heterocycles. The van der Waals surface area contributed by atoms with Gasteiger partial charge in [-0.2, -0.15) is 0 Å². The summed E-state index contributed by atoms with van der Waals surface area (Å²) in [6.07, 6.45) is 8.70. The molecular weight excluding hydrogens is 575 g/mol. The number of thiophene rings is 2. The third-order valence-electron chi connectivity index (χ3n) is 8.96. The van der Waals surface area contributed by atoms with Gasteiger partial charge in [0.1, 0.15) is 11.3 Å². The lowest BCUT2D eigenvalue weighted by molar-refractivity contribution is 0.590. The molecule has 8 aromatic rings. The van der Waals surface area contributed by atoms with Crippen molar-refractivity contribution in [3.05, 3.63) is 150 Å². The molecule has 0 radical (unpaired) electrons. The summed E-state index contributed by atoms with van der Waals surface area (Å²) in [5, 5.41) is 6.31. The van der Waals surface area contributed by atoms with Crippen LogP contribution in [0, 0.1) is 5.92 Å². The van der Waals surface area contributed by atoms with E-state index < -0.39 is 0 Å². The predicted molar refractivity (Wildman–Crippen MR) is 189 cm³/mol. The van der Waals surface area contributed by atoms with Crippen LogP contribution in [0.2, 0.25) is 0 Å². The second-order valence-corrected chi connectivity index (χ2v) is 13.6. The van der Waals surface area contributed by atoms with Crippen LogP contribution in [0.5, 0.6) is 0 Å². The van der Waals surface area contributed by atoms with Crippen LogP contribution in [0.3, 0.4) is 0 Å². The molecule has 0 saturated carbocycles. The Labute approximate surface area is 261 Å². The number of nitrogens with zero attached hydrogens (tertiary/aromatic N) is 1. The third-order valence-corrected chi connectivity index (χ3v) is 11.3. The number of hydrogen-bond donors (Lipinski definition) is 0. The lowest BCUT2D eigenvalue weighted by Crippen LogP contribution is -2.25. The Morgan fingerprint density at radius 3 is 1.89 bits per heavy atom. The van der Waals surface area contributed by atoms with E-state index in [9.17, 15) is 0 Å². The van der Waals surface area contributed by atoms with Crippen LogP contribution in [0.1, 0.15) is 11.3 Å². The Kier molecular flexibility index (Phi) is 5.08. The van der Waals surface area contributed by atoms with Crippen LogP contribution >= 0.6 is 22.7 Å². The highest BCUT2D eigenvalue weighted by atomic mass is 32.1. The van der Waals surface area contributed by atoms with Crippen molar-refractivity contribution in [3.63, 3.8) is 0 Å². The molecule has 2 nitrogen and oxygen atoms in total. The third kappa shape index (κ3) is 3.48. The number of fused-ring (bicyclic) bond motifs is 11. The molecule has 1 atom stereocenters. The highest BCUT2D eigenvalue weighted by molar-refractivity contribution is 7.26. The van der Waals surface area contributed by atoms with Crippen molar-refractivity contribution >= 4 is 97.0 Å². The second-order valence-electron chi connectivity index (χ2n) is 11.4. The first kappa shape index (κ1) is 24.3. The molecule has 2 aliphatic carbocycles. The molecule has 0 saturated heterocycles. The lowest BCUT2D eigenvalue weighted by atomic mass is 9.83. The fourth-order valence-corrected chi connectivity index (χ4v) is 9.14. The maximum Gasteiger partial charge on any atom is 0.139 e. The van der Waals surface area contributed by atoms with Gasteiger partial charge in [-0.05, 0) is 78.9 Å². The average molecular weight is 598 g/mol. The van der Waals surface area contributed by atoms with Crippen molar-refractivity contribution in [2.75, 3.05) is 4.90 Å². The fraction of sp³-hybridized carbons (Fsp3) is 0.0250. The predicted octanol–water partition coefficient (Wildman–Crippen LogP) is 12.1. The van der Waals surface area contributed by atoms with E-state index in [1.807, 2.05) is 34.8 Å². The number of rotatable bonds is 3. The van der Waals surface area contributed by atoms with Gasteiger partial charge in [-0.3, -0.25) is 0 Å². The first-order valence-corrected chi connectivity index (χ1v) is 16.4. The zero-order chi connectivity index (χ0) is 28.8. The first-order chi connectivity index (χ1) is 21.8. The Balaban J connectivity index is 1.28. The minimum Gasteiger partial charge on any atom is -0.456 e. The van der Waals surface area contributed by atoms with Gasteiger partial charge >= 0.3 is 0 Å². The van der Waals surface area contributed by atoms with Crippen molar-refractivity contribution in [1.29, 1.82) is 0 Å². The molecule has 3 aromatic heterocycles. The summed E-state index contributed by atoms with van der Waals surface area (Å²) in [6, 6.07) is 39.7. The molecule has 0 amide bonds. The van der Waals surface area contributed by atoms with Crippen molar-refractivity contribution in [2.24, 2.45) is 5.92 Å². The van der Waals surface area contributed by atoms with E-state index in [2.05, 4.69) is 132 Å². The zero-order valence-electron chi connectivity index (χ0n) is 23.5. The summed E-state index contributed by atoms with van der Waals surface area (Å²) >= 11 is 3.71. The molecule has 4 heteroatoms. The molecule has 0 N–H and O–H groups in total. The Morgan fingerprint density at radius 2 is 1.20 bits per heavy atom. The summed E-state index contributed by atoms with van der Waals surface area (Å²) < 4.78 is 11.7. The van der Waals surface area contributed by atoms with E-state index in [1.165, 1.54) is 51.6 Å². The largest absolute Gasteiger partial charge is 0.456 e. The highest BCUT2D eigenvalue weighted by Crippen LogP contribution is 2.49. The molecule has 3 heterocycles. The second kappa shape index (κ2) is 9.19. The monoisotopic (exact) mass is 597 g/mol. The Morgan fingerprint density at radius 1 is 0.614 bits per heavy atom. The van der Waals surface area contributed by atoms with Crippen LogP contribution < -0.4 is 4.90 Å². The van der Waals surface area contributed by atoms with E-state index in [-0.39, 0.29) is 5.92 Å². The van der Waals surface area contributed by atoms with Crippen LogP contribution in [0.25, 0.3) is 63.0 Å². The molecule has 2 aliphatic rings. The van der Waals surface area contributed by atoms with Gasteiger partial charge in [0.15, 0.2) is 0 Å². The van der Waals surface area contributed by atoms with E-state index in [1.54, 1.807) is 0 Å². The van der Waals surface area contributed by atoms with Gasteiger partial charge in [0, 0.05) is 73.9 Å². The molecule has 0 bridgehead atoms. The van der Waals surface area contributed by atoms with Crippen LogP contribution in [0.4, 0.5) is 11.4 Å². The van der Waals surface area contributed by atoms with Gasteiger partial charge in [0.2, 0.25) is 0 Å². The number of hydrogen-bond acceptors (Lipinski definition) is 4. The zero-order valence-corrected chi connectivity index (χ0v) is 25.1. The Bertz CT molecular complexity index is 2500. The molecular formula is C40H23NOS2. The van der Waals surface area contributed by atoms with E-state index in [0.717, 1.165) is 33.7 Å². The quantitative estimate of drug-likeness (QED) is 0.188. The van der Waals surface area contributed by atoms with Gasteiger partial charge in [0.05, 0.1) is 5.92 Å². The standard InChI is InChI=1S/C40H23NOS2/c1-2-13-30-26(9-1)34(23-33-27-10-3-6-14-35(27)42-40(30)33)41(24-17-19-38-31(21-24)28-11-4-7-15-36(28)43-38)25-18-20-39-32(22-25)29-12-5-8-16-37(29)44-39/h2-23,26H. The van der Waals surface area contributed by atoms with Gasteiger partial charge in [-0.15, -0.1) is 28.4 Å². The molecule has 0 fully saturated rings. The van der Waals surface area contributed by atoms with Crippen molar-refractivity contribution < 1.29 is 4.42 Å². The Hall–Kier alpha value is -5.12. The smallest absolute Gasteiger partial charge is 0.139 e. The molecule has 44 heavy (non-hydrogen) atoms. The van der Waals surface area contributed by atoms with Gasteiger partial charge < -0.3 is 9.32 Å². The number of furan rings is 1. The topological polar surface area (TPSA) is 16.4 Å². The summed E-state index contributed by atoms with van der Waals surface area (Å²) in [4.78, 5) is 2.46. The van der Waals surface area contributed by atoms with E-state index in [4.69, 9.17) is 4.42 Å². The first-order valence-electron chi connectivity index (χ1n) is 14.8. The summed E-state index contributed by atoms with van der Waals surface area (Å²) in [6.45, 7) is 0. The molecule has 5 aromatic carbocycles. The average Bonchev–Trinajstić information content (AvgIpc) is 3.76. The number of para-hydroxylation sites is 1. The molecule has 206 valence electrons. The summed E-state index contributed by atoms with van der Waals surface area (Å²) in [5.41, 5.74) is 10.1. The van der Waals surface area contributed by atoms with Crippen molar-refractivity contribution in [2.45, 2.75) is 0 Å². The molecule has 1 unspecified atom stereocenters. The lowest BCUT2D eigenvalue weighted by Gasteiger charge is -2.35. The van der Waals surface area contributed by atoms with Crippen LogP contribution in [-0.4, -0.2) is 0 Å². The minimum atomic E-state index is -0.00195. The van der Waals surface area contributed by atoms with E-state index in [0.29, 0.717) is 0 Å². The number of anilines is 2. The number of allylic oxidation sites excluding steroid dienone is 2. The van der Waals surface area contributed by atoms with Crippen molar-refractivity contribution in [1.82, 2.24) is 0 Å². The van der Waals surface area contributed by atoms with Crippen LogP contribution in [0.15, 0.2) is 143 Å². The van der Waals surface area contributed by atoms with Gasteiger partial charge in [-0.25, -0.2) is 0 Å². The minimum absolute atomic E-state index is 0.00195. The van der Waals surface area contributed by atoms with Crippen LogP contribution in [-0.2, 0) is 0 Å². The van der Waals surface area contributed by atoms with Crippen molar-refractivity contribution in [3.8, 4) is 0 Å². The maximum absolute atomic E-state index is 6.49. The summed E-state index contributed by atoms with van der Waals surface area (Å²) in [7, 11) is 0. The summed E-state index contributed by atoms with van der Waals surface area (Å²) in [5.74, 6) is 0.949.